The molecule has 2 heterocycles. The summed E-state index contributed by atoms with van der Waals surface area (Å²) in [5, 5.41) is 4.13. The van der Waals surface area contributed by atoms with Gasteiger partial charge in [0.15, 0.2) is 5.82 Å². The summed E-state index contributed by atoms with van der Waals surface area (Å²) in [4.78, 5) is 5.93. The van der Waals surface area contributed by atoms with Crippen molar-refractivity contribution in [2.24, 2.45) is 0 Å². The van der Waals surface area contributed by atoms with Crippen molar-refractivity contribution in [3.8, 4) is 0 Å². The molecule has 130 valence electrons. The van der Waals surface area contributed by atoms with E-state index in [1.54, 1.807) is 7.11 Å². The van der Waals surface area contributed by atoms with Gasteiger partial charge in [0.05, 0.1) is 12.5 Å². The molecule has 2 aliphatic rings. The summed E-state index contributed by atoms with van der Waals surface area (Å²) in [5.41, 5.74) is -0.0674. The van der Waals surface area contributed by atoms with E-state index in [2.05, 4.69) is 10.1 Å². The first-order valence-electron chi connectivity index (χ1n) is 8.04. The lowest BCUT2D eigenvalue weighted by Crippen LogP contribution is -2.36. The van der Waals surface area contributed by atoms with Crippen molar-refractivity contribution in [3.05, 3.63) is 11.7 Å². The van der Waals surface area contributed by atoms with Crippen LogP contribution in [0.25, 0.3) is 0 Å². The SMILES string of the molecule is COCCC1(c2noc([C@H]3CCN(CC(F)(F)F)C3)n2)CCC1. The number of halogens is 3. The van der Waals surface area contributed by atoms with E-state index in [0.29, 0.717) is 37.8 Å². The lowest BCUT2D eigenvalue weighted by molar-refractivity contribution is -0.143. The Balaban J connectivity index is 1.63. The predicted octanol–water partition coefficient (Wildman–Crippen LogP) is 2.88. The van der Waals surface area contributed by atoms with Crippen molar-refractivity contribution in [1.82, 2.24) is 15.0 Å². The van der Waals surface area contributed by atoms with Crippen LogP contribution in [0.2, 0.25) is 0 Å². The highest BCUT2D eigenvalue weighted by Gasteiger charge is 2.43. The van der Waals surface area contributed by atoms with Gasteiger partial charge in [-0.3, -0.25) is 4.90 Å². The van der Waals surface area contributed by atoms with Crippen LogP contribution in [0.4, 0.5) is 13.2 Å². The number of hydrogen-bond donors (Lipinski definition) is 0. The molecule has 0 aromatic carbocycles. The summed E-state index contributed by atoms with van der Waals surface area (Å²) in [6.07, 6.45) is 0.484. The second-order valence-corrected chi connectivity index (χ2v) is 6.67. The van der Waals surface area contributed by atoms with E-state index >= 15 is 0 Å². The van der Waals surface area contributed by atoms with Crippen LogP contribution in [0.5, 0.6) is 0 Å². The van der Waals surface area contributed by atoms with E-state index in [4.69, 9.17) is 9.26 Å². The average molecular weight is 333 g/mol. The van der Waals surface area contributed by atoms with Crippen LogP contribution in [0.1, 0.15) is 49.7 Å². The number of rotatable bonds is 6. The molecule has 0 unspecified atom stereocenters. The minimum atomic E-state index is -4.16. The van der Waals surface area contributed by atoms with Crippen molar-refractivity contribution in [2.75, 3.05) is 33.4 Å². The Hall–Kier alpha value is -1.15. The highest BCUT2D eigenvalue weighted by atomic mass is 19.4. The molecule has 0 spiro atoms. The van der Waals surface area contributed by atoms with Crippen LogP contribution >= 0.6 is 0 Å². The average Bonchev–Trinajstić information content (AvgIpc) is 3.05. The van der Waals surface area contributed by atoms with E-state index in [0.717, 1.165) is 25.7 Å². The van der Waals surface area contributed by atoms with Crippen molar-refractivity contribution in [2.45, 2.75) is 49.6 Å². The Kier molecular flexibility index (Phi) is 4.64. The maximum atomic E-state index is 12.5. The van der Waals surface area contributed by atoms with E-state index in [-0.39, 0.29) is 11.3 Å². The van der Waals surface area contributed by atoms with E-state index in [1.807, 2.05) is 0 Å². The van der Waals surface area contributed by atoms with Gasteiger partial charge in [-0.1, -0.05) is 11.6 Å². The molecule has 0 bridgehead atoms. The maximum absolute atomic E-state index is 12.5. The fourth-order valence-electron chi connectivity index (χ4n) is 3.53. The molecule has 1 atom stereocenters. The molecule has 1 saturated heterocycles. The zero-order valence-corrected chi connectivity index (χ0v) is 13.2. The van der Waals surface area contributed by atoms with Gasteiger partial charge in [-0.15, -0.1) is 0 Å². The first kappa shape index (κ1) is 16.7. The van der Waals surface area contributed by atoms with Gasteiger partial charge in [-0.25, -0.2) is 0 Å². The van der Waals surface area contributed by atoms with Crippen LogP contribution < -0.4 is 0 Å². The predicted molar refractivity (Wildman–Crippen MR) is 76.2 cm³/mol. The highest BCUT2D eigenvalue weighted by molar-refractivity contribution is 5.13. The molecular weight excluding hydrogens is 311 g/mol. The highest BCUT2D eigenvalue weighted by Crippen LogP contribution is 2.45. The van der Waals surface area contributed by atoms with E-state index in [9.17, 15) is 13.2 Å². The van der Waals surface area contributed by atoms with Crippen molar-refractivity contribution >= 4 is 0 Å². The van der Waals surface area contributed by atoms with Gasteiger partial charge in [-0.2, -0.15) is 18.2 Å². The third kappa shape index (κ3) is 3.68. The normalized spacial score (nSPS) is 24.8. The summed E-state index contributed by atoms with van der Waals surface area (Å²) < 4.78 is 47.9. The summed E-state index contributed by atoms with van der Waals surface area (Å²) in [5.74, 6) is 1.08. The molecule has 3 rings (SSSR count). The third-order valence-corrected chi connectivity index (χ3v) is 5.04. The summed E-state index contributed by atoms with van der Waals surface area (Å²) in [7, 11) is 1.67. The second kappa shape index (κ2) is 6.39. The molecule has 8 heteroatoms. The van der Waals surface area contributed by atoms with Crippen molar-refractivity contribution in [3.63, 3.8) is 0 Å². The molecule has 1 aromatic heterocycles. The van der Waals surface area contributed by atoms with Crippen LogP contribution in [-0.4, -0.2) is 54.6 Å². The zero-order valence-electron chi connectivity index (χ0n) is 13.2. The van der Waals surface area contributed by atoms with E-state index < -0.39 is 12.7 Å². The minimum absolute atomic E-state index is 0.0674. The van der Waals surface area contributed by atoms with Gasteiger partial charge in [-0.05, 0) is 32.2 Å². The molecular formula is C15H22F3N3O2. The van der Waals surface area contributed by atoms with Crippen molar-refractivity contribution < 1.29 is 22.4 Å². The maximum Gasteiger partial charge on any atom is 0.401 e. The number of hydrogen-bond acceptors (Lipinski definition) is 5. The molecule has 1 aliphatic carbocycles. The molecule has 0 radical (unpaired) electrons. The van der Waals surface area contributed by atoms with Crippen LogP contribution in [-0.2, 0) is 10.2 Å². The van der Waals surface area contributed by atoms with Crippen LogP contribution in [0, 0.1) is 0 Å². The first-order chi connectivity index (χ1) is 10.9. The van der Waals surface area contributed by atoms with Gasteiger partial charge >= 0.3 is 6.18 Å². The van der Waals surface area contributed by atoms with Crippen molar-refractivity contribution in [1.29, 1.82) is 0 Å². The number of likely N-dealkylation sites (tertiary alicyclic amines) is 1. The monoisotopic (exact) mass is 333 g/mol. The molecule has 1 aliphatic heterocycles. The molecule has 0 amide bonds. The molecule has 1 aromatic rings. The topological polar surface area (TPSA) is 51.4 Å². The standard InChI is InChI=1S/C15H22F3N3O2/c1-22-8-6-14(4-2-5-14)13-19-12(23-20-13)11-3-7-21(9-11)10-15(16,17)18/h11H,2-10H2,1H3/t11-/m0/s1. The summed E-state index contributed by atoms with van der Waals surface area (Å²) >= 11 is 0. The quantitative estimate of drug-likeness (QED) is 0.801. The Morgan fingerprint density at radius 3 is 2.78 bits per heavy atom. The van der Waals surface area contributed by atoms with Gasteiger partial charge in [0.1, 0.15) is 0 Å². The Bertz CT molecular complexity index is 528. The van der Waals surface area contributed by atoms with E-state index in [1.165, 1.54) is 4.90 Å². The number of nitrogens with zero attached hydrogens (tertiary/aromatic N) is 3. The van der Waals surface area contributed by atoms with Gasteiger partial charge < -0.3 is 9.26 Å². The second-order valence-electron chi connectivity index (χ2n) is 6.67. The summed E-state index contributed by atoms with van der Waals surface area (Å²) in [6.45, 7) is 0.512. The largest absolute Gasteiger partial charge is 0.401 e. The Labute approximate surface area is 133 Å². The molecule has 5 nitrogen and oxygen atoms in total. The zero-order chi connectivity index (χ0) is 16.5. The van der Waals surface area contributed by atoms with Crippen LogP contribution in [0.15, 0.2) is 4.52 Å². The first-order valence-corrected chi connectivity index (χ1v) is 8.04. The molecule has 23 heavy (non-hydrogen) atoms. The number of ether oxygens (including phenoxy) is 1. The lowest BCUT2D eigenvalue weighted by Gasteiger charge is -2.38. The molecule has 1 saturated carbocycles. The Morgan fingerprint density at radius 2 is 2.17 bits per heavy atom. The Morgan fingerprint density at radius 1 is 1.39 bits per heavy atom. The van der Waals surface area contributed by atoms with Gasteiger partial charge in [0.2, 0.25) is 5.89 Å². The lowest BCUT2D eigenvalue weighted by atomic mass is 9.66. The number of aromatic nitrogens is 2. The number of alkyl halides is 3. The third-order valence-electron chi connectivity index (χ3n) is 5.04. The fraction of sp³-hybridized carbons (Fsp3) is 0.867. The van der Waals surface area contributed by atoms with Gasteiger partial charge in [0.25, 0.3) is 0 Å². The van der Waals surface area contributed by atoms with Crippen LogP contribution in [0.3, 0.4) is 0 Å². The molecule has 0 N–H and O–H groups in total. The molecule has 2 fully saturated rings. The number of methoxy groups -OCH3 is 1. The minimum Gasteiger partial charge on any atom is -0.385 e. The fourth-order valence-corrected chi connectivity index (χ4v) is 3.53. The van der Waals surface area contributed by atoms with Gasteiger partial charge in [0, 0.05) is 25.7 Å². The summed E-state index contributed by atoms with van der Waals surface area (Å²) in [6, 6.07) is 0. The smallest absolute Gasteiger partial charge is 0.385 e.